The molecule has 1 unspecified atom stereocenters. The van der Waals surface area contributed by atoms with Gasteiger partial charge in [0, 0.05) is 17.7 Å². The number of aryl methyl sites for hydroxylation is 1. The van der Waals surface area contributed by atoms with Crippen molar-refractivity contribution in [2.75, 3.05) is 0 Å². The van der Waals surface area contributed by atoms with Gasteiger partial charge in [0.15, 0.2) is 6.10 Å². The summed E-state index contributed by atoms with van der Waals surface area (Å²) < 4.78 is 4.97. The lowest BCUT2D eigenvalue weighted by Crippen LogP contribution is -2.45. The van der Waals surface area contributed by atoms with Crippen LogP contribution in [0.3, 0.4) is 0 Å². The van der Waals surface area contributed by atoms with Gasteiger partial charge in [-0.25, -0.2) is 9.59 Å². The summed E-state index contributed by atoms with van der Waals surface area (Å²) in [6, 6.07) is 3.22. The molecule has 2 N–H and O–H groups in total. The molecule has 1 fully saturated rings. The Morgan fingerprint density at radius 3 is 2.54 bits per heavy atom. The molecule has 0 aliphatic heterocycles. The van der Waals surface area contributed by atoms with E-state index in [1.807, 2.05) is 0 Å². The van der Waals surface area contributed by atoms with E-state index in [0.717, 1.165) is 12.8 Å². The van der Waals surface area contributed by atoms with Gasteiger partial charge >= 0.3 is 12.0 Å². The molecular formula is C15H17N3O6. The Labute approximate surface area is 137 Å². The number of rotatable bonds is 5. The fourth-order valence-electron chi connectivity index (χ4n) is 1.93. The van der Waals surface area contributed by atoms with Crippen LogP contribution in [0.25, 0.3) is 0 Å². The lowest BCUT2D eigenvalue weighted by molar-refractivity contribution is -0.385. The quantitative estimate of drug-likeness (QED) is 0.476. The summed E-state index contributed by atoms with van der Waals surface area (Å²) in [7, 11) is 0. The standard InChI is InChI=1S/C15H17N3O6/c1-8-7-10(3-6-12(8)18(22)23)14(20)24-9(2)13(19)17-15(21)16-11-4-5-11/h3,6-7,9,11H,4-5H2,1-2H3,(H2,16,17,19,21). The van der Waals surface area contributed by atoms with Gasteiger partial charge in [-0.3, -0.25) is 20.2 Å². The van der Waals surface area contributed by atoms with E-state index >= 15 is 0 Å². The van der Waals surface area contributed by atoms with Crippen molar-refractivity contribution < 1.29 is 24.0 Å². The molecule has 3 amide bonds. The Balaban J connectivity index is 1.92. The summed E-state index contributed by atoms with van der Waals surface area (Å²) in [5.41, 5.74) is 0.268. The molecule has 128 valence electrons. The molecule has 0 saturated heterocycles. The average molecular weight is 335 g/mol. The molecule has 9 heteroatoms. The van der Waals surface area contributed by atoms with Crippen LogP contribution in [0.15, 0.2) is 18.2 Å². The number of carbonyl (C=O) groups excluding carboxylic acids is 3. The molecular weight excluding hydrogens is 318 g/mol. The monoisotopic (exact) mass is 335 g/mol. The van der Waals surface area contributed by atoms with Crippen LogP contribution in [0.2, 0.25) is 0 Å². The number of hydrogen-bond acceptors (Lipinski definition) is 6. The number of benzene rings is 1. The number of hydrogen-bond donors (Lipinski definition) is 2. The van der Waals surface area contributed by atoms with Gasteiger partial charge in [-0.2, -0.15) is 0 Å². The Bertz CT molecular complexity index is 698. The van der Waals surface area contributed by atoms with E-state index < -0.39 is 28.9 Å². The number of nitro benzene ring substituents is 1. The van der Waals surface area contributed by atoms with Crippen molar-refractivity contribution in [2.45, 2.75) is 38.8 Å². The molecule has 2 rings (SSSR count). The van der Waals surface area contributed by atoms with E-state index in [-0.39, 0.29) is 17.3 Å². The van der Waals surface area contributed by atoms with E-state index in [1.54, 1.807) is 0 Å². The highest BCUT2D eigenvalue weighted by atomic mass is 16.6. The highest BCUT2D eigenvalue weighted by Gasteiger charge is 2.26. The largest absolute Gasteiger partial charge is 0.449 e. The highest BCUT2D eigenvalue weighted by Crippen LogP contribution is 2.20. The van der Waals surface area contributed by atoms with Crippen LogP contribution >= 0.6 is 0 Å². The van der Waals surface area contributed by atoms with Crippen molar-refractivity contribution in [1.82, 2.24) is 10.6 Å². The Morgan fingerprint density at radius 2 is 2.00 bits per heavy atom. The molecule has 1 aromatic rings. The summed E-state index contributed by atoms with van der Waals surface area (Å²) in [5, 5.41) is 15.4. The zero-order chi connectivity index (χ0) is 17.9. The Morgan fingerprint density at radius 1 is 1.33 bits per heavy atom. The molecule has 1 atom stereocenters. The molecule has 1 aliphatic carbocycles. The van der Waals surface area contributed by atoms with Crippen LogP contribution in [0.4, 0.5) is 10.5 Å². The van der Waals surface area contributed by atoms with Gasteiger partial charge in [-0.1, -0.05) is 0 Å². The number of nitro groups is 1. The molecule has 1 saturated carbocycles. The zero-order valence-electron chi connectivity index (χ0n) is 13.2. The predicted octanol–water partition coefficient (Wildman–Crippen LogP) is 1.44. The summed E-state index contributed by atoms with van der Waals surface area (Å²) in [5.74, 6) is -1.56. The van der Waals surface area contributed by atoms with E-state index in [2.05, 4.69) is 10.6 Å². The van der Waals surface area contributed by atoms with Crippen LogP contribution in [0, 0.1) is 17.0 Å². The number of imide groups is 1. The van der Waals surface area contributed by atoms with Gasteiger partial charge in [-0.05, 0) is 38.8 Å². The third-order valence-electron chi connectivity index (χ3n) is 3.43. The van der Waals surface area contributed by atoms with Gasteiger partial charge in [0.1, 0.15) is 0 Å². The summed E-state index contributed by atoms with van der Waals surface area (Å²) in [6.07, 6.45) is 0.579. The van der Waals surface area contributed by atoms with Gasteiger partial charge < -0.3 is 10.1 Å². The fraction of sp³-hybridized carbons (Fsp3) is 0.400. The molecule has 0 heterocycles. The number of nitrogens with one attached hydrogen (secondary N) is 2. The Hall–Kier alpha value is -2.97. The van der Waals surface area contributed by atoms with Gasteiger partial charge in [0.2, 0.25) is 0 Å². The smallest absolute Gasteiger partial charge is 0.338 e. The molecule has 0 radical (unpaired) electrons. The predicted molar refractivity (Wildman–Crippen MR) is 82.4 cm³/mol. The third kappa shape index (κ3) is 4.51. The minimum Gasteiger partial charge on any atom is -0.449 e. The van der Waals surface area contributed by atoms with Crippen molar-refractivity contribution in [3.8, 4) is 0 Å². The van der Waals surface area contributed by atoms with Crippen LogP contribution in [0.5, 0.6) is 0 Å². The first-order chi connectivity index (χ1) is 11.3. The Kier molecular flexibility index (Phi) is 5.12. The molecule has 0 spiro atoms. The highest BCUT2D eigenvalue weighted by molar-refractivity contribution is 5.98. The van der Waals surface area contributed by atoms with E-state index in [1.165, 1.54) is 32.0 Å². The van der Waals surface area contributed by atoms with E-state index in [9.17, 15) is 24.5 Å². The van der Waals surface area contributed by atoms with E-state index in [4.69, 9.17) is 4.74 Å². The second-order valence-corrected chi connectivity index (χ2v) is 5.54. The topological polar surface area (TPSA) is 128 Å². The molecule has 1 aliphatic rings. The maximum Gasteiger partial charge on any atom is 0.338 e. The first-order valence-corrected chi connectivity index (χ1v) is 7.35. The van der Waals surface area contributed by atoms with Crippen molar-refractivity contribution in [1.29, 1.82) is 0 Å². The average Bonchev–Trinajstić information content (AvgIpc) is 3.30. The van der Waals surface area contributed by atoms with Gasteiger partial charge in [-0.15, -0.1) is 0 Å². The van der Waals surface area contributed by atoms with Gasteiger partial charge in [0.05, 0.1) is 10.5 Å². The van der Waals surface area contributed by atoms with Crippen molar-refractivity contribution in [2.24, 2.45) is 0 Å². The number of nitrogens with zero attached hydrogens (tertiary/aromatic N) is 1. The lowest BCUT2D eigenvalue weighted by atomic mass is 10.1. The molecule has 9 nitrogen and oxygen atoms in total. The van der Waals surface area contributed by atoms with Crippen LogP contribution in [-0.2, 0) is 9.53 Å². The fourth-order valence-corrected chi connectivity index (χ4v) is 1.93. The second kappa shape index (κ2) is 7.07. The third-order valence-corrected chi connectivity index (χ3v) is 3.43. The number of esters is 1. The SMILES string of the molecule is Cc1cc(C(=O)OC(C)C(=O)NC(=O)NC2CC2)ccc1[N+](=O)[O-]. The molecule has 1 aromatic carbocycles. The summed E-state index contributed by atoms with van der Waals surface area (Å²) in [4.78, 5) is 45.4. The maximum absolute atomic E-state index is 12.0. The van der Waals surface area contributed by atoms with Crippen LogP contribution in [0.1, 0.15) is 35.7 Å². The number of urea groups is 1. The van der Waals surface area contributed by atoms with Crippen molar-refractivity contribution >= 4 is 23.6 Å². The van der Waals surface area contributed by atoms with E-state index in [0.29, 0.717) is 5.56 Å². The first-order valence-electron chi connectivity index (χ1n) is 7.35. The van der Waals surface area contributed by atoms with Crippen LogP contribution in [-0.4, -0.2) is 35.0 Å². The second-order valence-electron chi connectivity index (χ2n) is 5.54. The molecule has 0 aromatic heterocycles. The van der Waals surface area contributed by atoms with Crippen molar-refractivity contribution in [3.63, 3.8) is 0 Å². The molecule has 24 heavy (non-hydrogen) atoms. The summed E-state index contributed by atoms with van der Waals surface area (Å²) in [6.45, 7) is 2.82. The van der Waals surface area contributed by atoms with Gasteiger partial charge in [0.25, 0.3) is 11.6 Å². The minimum atomic E-state index is -1.18. The zero-order valence-corrected chi connectivity index (χ0v) is 13.2. The minimum absolute atomic E-state index is 0.0835. The first kappa shape index (κ1) is 17.4. The maximum atomic E-state index is 12.0. The lowest BCUT2D eigenvalue weighted by Gasteiger charge is -2.13. The van der Waals surface area contributed by atoms with Crippen molar-refractivity contribution in [3.05, 3.63) is 39.4 Å². The number of amides is 3. The number of ether oxygens (including phenoxy) is 1. The van der Waals surface area contributed by atoms with Crippen LogP contribution < -0.4 is 10.6 Å². The number of carbonyl (C=O) groups is 3. The summed E-state index contributed by atoms with van der Waals surface area (Å²) >= 11 is 0. The molecule has 0 bridgehead atoms. The normalized spacial score (nSPS) is 14.4.